The summed E-state index contributed by atoms with van der Waals surface area (Å²) in [6.07, 6.45) is -3.53. The van der Waals surface area contributed by atoms with Gasteiger partial charge in [0.2, 0.25) is 0 Å². The molecule has 1 heterocycles. The van der Waals surface area contributed by atoms with Crippen molar-refractivity contribution in [1.29, 1.82) is 0 Å². The van der Waals surface area contributed by atoms with Crippen molar-refractivity contribution in [3.05, 3.63) is 52.3 Å². The summed E-state index contributed by atoms with van der Waals surface area (Å²) in [6.45, 7) is 6.43. The van der Waals surface area contributed by atoms with Crippen molar-refractivity contribution in [2.45, 2.75) is 39.4 Å². The van der Waals surface area contributed by atoms with Gasteiger partial charge in [0, 0.05) is 31.4 Å². The quantitative estimate of drug-likeness (QED) is 0.467. The molecule has 0 aliphatic heterocycles. The molecule has 8 heteroatoms. The predicted octanol–water partition coefficient (Wildman–Crippen LogP) is 3.20. The Morgan fingerprint density at radius 1 is 1.24 bits per heavy atom. The van der Waals surface area contributed by atoms with Gasteiger partial charge < -0.3 is 10.6 Å². The number of nitrogens with zero attached hydrogens (tertiary/aromatic N) is 3. The molecule has 2 N–H and O–H groups in total. The van der Waals surface area contributed by atoms with E-state index in [0.717, 1.165) is 29.9 Å². The number of rotatable bonds is 4. The zero-order chi connectivity index (χ0) is 21.6. The summed E-state index contributed by atoms with van der Waals surface area (Å²) in [4.78, 5) is 4.18. The fourth-order valence-corrected chi connectivity index (χ4v) is 2.91. The summed E-state index contributed by atoms with van der Waals surface area (Å²) in [5.74, 6) is 6.34. The van der Waals surface area contributed by atoms with Crippen molar-refractivity contribution in [2.75, 3.05) is 13.6 Å². The van der Waals surface area contributed by atoms with Crippen molar-refractivity contribution in [3.63, 3.8) is 0 Å². The predicted molar refractivity (Wildman–Crippen MR) is 109 cm³/mol. The van der Waals surface area contributed by atoms with Crippen LogP contribution >= 0.6 is 0 Å². The van der Waals surface area contributed by atoms with E-state index in [1.807, 2.05) is 25.6 Å². The molecule has 1 unspecified atom stereocenters. The first kappa shape index (κ1) is 22.3. The lowest BCUT2D eigenvalue weighted by Gasteiger charge is -2.17. The number of alkyl halides is 3. The van der Waals surface area contributed by atoms with Crippen LogP contribution in [0.2, 0.25) is 0 Å². The average Bonchev–Trinajstić information content (AvgIpc) is 2.90. The maximum absolute atomic E-state index is 12.6. The molecule has 0 amide bonds. The third-order valence-electron chi connectivity index (χ3n) is 4.57. The van der Waals surface area contributed by atoms with Gasteiger partial charge in [-0.1, -0.05) is 11.8 Å². The number of nitrogens with one attached hydrogen (secondary N) is 2. The SMILES string of the molecule is CN=C(NCC#Cc1ccc(C(F)(F)F)cc1)NC(C)Cc1c(C)nn(C)c1C. The highest BCUT2D eigenvalue weighted by atomic mass is 19.4. The fourth-order valence-electron chi connectivity index (χ4n) is 2.91. The van der Waals surface area contributed by atoms with Crippen molar-refractivity contribution >= 4 is 5.96 Å². The molecule has 0 saturated heterocycles. The highest BCUT2D eigenvalue weighted by Crippen LogP contribution is 2.28. The molecular formula is C21H26F3N5. The molecule has 2 aromatic rings. The summed E-state index contributed by atoms with van der Waals surface area (Å²) in [5.41, 5.74) is 3.22. The molecule has 29 heavy (non-hydrogen) atoms. The number of hydrogen-bond acceptors (Lipinski definition) is 2. The number of benzene rings is 1. The Kier molecular flexibility index (Phi) is 7.32. The first-order valence-corrected chi connectivity index (χ1v) is 9.24. The van der Waals surface area contributed by atoms with Gasteiger partial charge in [-0.3, -0.25) is 9.67 Å². The van der Waals surface area contributed by atoms with Crippen molar-refractivity contribution in [2.24, 2.45) is 12.0 Å². The van der Waals surface area contributed by atoms with Crippen LogP contribution in [0.4, 0.5) is 13.2 Å². The van der Waals surface area contributed by atoms with E-state index in [-0.39, 0.29) is 6.04 Å². The van der Waals surface area contributed by atoms with Crippen molar-refractivity contribution in [3.8, 4) is 11.8 Å². The van der Waals surface area contributed by atoms with Gasteiger partial charge in [-0.05, 0) is 57.0 Å². The van der Waals surface area contributed by atoms with E-state index in [1.165, 1.54) is 17.7 Å². The summed E-state index contributed by atoms with van der Waals surface area (Å²) >= 11 is 0. The minimum absolute atomic E-state index is 0.130. The lowest BCUT2D eigenvalue weighted by molar-refractivity contribution is -0.137. The number of aliphatic imine (C=N–C) groups is 1. The smallest absolute Gasteiger partial charge is 0.354 e. The van der Waals surface area contributed by atoms with Crippen LogP contribution in [0.25, 0.3) is 0 Å². The number of guanidine groups is 1. The van der Waals surface area contributed by atoms with Crippen LogP contribution < -0.4 is 10.6 Å². The molecule has 156 valence electrons. The van der Waals surface area contributed by atoms with Crippen LogP contribution in [-0.2, 0) is 19.6 Å². The van der Waals surface area contributed by atoms with Crippen molar-refractivity contribution in [1.82, 2.24) is 20.4 Å². The molecule has 1 aromatic heterocycles. The highest BCUT2D eigenvalue weighted by Gasteiger charge is 2.29. The maximum Gasteiger partial charge on any atom is 0.416 e. The van der Waals surface area contributed by atoms with E-state index in [0.29, 0.717) is 18.1 Å². The molecule has 0 fully saturated rings. The minimum Gasteiger partial charge on any atom is -0.354 e. The second kappa shape index (κ2) is 9.50. The topological polar surface area (TPSA) is 54.2 Å². The molecular weight excluding hydrogens is 379 g/mol. The van der Waals surface area contributed by atoms with E-state index in [1.54, 1.807) is 7.05 Å². The number of aromatic nitrogens is 2. The number of aryl methyl sites for hydroxylation is 2. The van der Waals surface area contributed by atoms with E-state index in [9.17, 15) is 13.2 Å². The molecule has 0 aliphatic carbocycles. The van der Waals surface area contributed by atoms with E-state index in [2.05, 4.69) is 39.5 Å². The maximum atomic E-state index is 12.6. The van der Waals surface area contributed by atoms with Crippen LogP contribution in [0.1, 0.15) is 35.0 Å². The zero-order valence-corrected chi connectivity index (χ0v) is 17.3. The molecule has 0 saturated carbocycles. The molecule has 2 rings (SSSR count). The van der Waals surface area contributed by atoms with Gasteiger partial charge in [0.05, 0.1) is 17.8 Å². The van der Waals surface area contributed by atoms with Gasteiger partial charge >= 0.3 is 6.18 Å². The number of hydrogen-bond donors (Lipinski definition) is 2. The summed E-state index contributed by atoms with van der Waals surface area (Å²) in [6, 6.07) is 4.92. The Balaban J connectivity index is 1.87. The van der Waals surface area contributed by atoms with E-state index >= 15 is 0 Å². The first-order valence-electron chi connectivity index (χ1n) is 9.24. The summed E-state index contributed by atoms with van der Waals surface area (Å²) < 4.78 is 39.6. The zero-order valence-electron chi connectivity index (χ0n) is 17.3. The second-order valence-corrected chi connectivity index (χ2v) is 6.83. The molecule has 0 radical (unpaired) electrons. The van der Waals surface area contributed by atoms with Gasteiger partial charge in [0.1, 0.15) is 0 Å². The Bertz CT molecular complexity index is 915. The van der Waals surface area contributed by atoms with Crippen LogP contribution in [0, 0.1) is 25.7 Å². The molecule has 1 aromatic carbocycles. The minimum atomic E-state index is -4.34. The van der Waals surface area contributed by atoms with Gasteiger partial charge in [0.15, 0.2) is 5.96 Å². The Morgan fingerprint density at radius 3 is 2.41 bits per heavy atom. The lowest BCUT2D eigenvalue weighted by Crippen LogP contribution is -2.43. The van der Waals surface area contributed by atoms with Gasteiger partial charge in [-0.25, -0.2) is 0 Å². The van der Waals surface area contributed by atoms with Gasteiger partial charge in [-0.15, -0.1) is 0 Å². The highest BCUT2D eigenvalue weighted by molar-refractivity contribution is 5.80. The second-order valence-electron chi connectivity index (χ2n) is 6.83. The van der Waals surface area contributed by atoms with Gasteiger partial charge in [0.25, 0.3) is 0 Å². The van der Waals surface area contributed by atoms with Crippen LogP contribution in [0.5, 0.6) is 0 Å². The largest absolute Gasteiger partial charge is 0.416 e. The molecule has 0 spiro atoms. The van der Waals surface area contributed by atoms with E-state index < -0.39 is 11.7 Å². The van der Waals surface area contributed by atoms with Crippen molar-refractivity contribution < 1.29 is 13.2 Å². The summed E-state index contributed by atoms with van der Waals surface area (Å²) in [5, 5.41) is 10.8. The molecule has 1 atom stereocenters. The standard InChI is InChI=1S/C21H26F3N5/c1-14(13-19-15(2)28-29(5)16(19)3)27-20(25-4)26-12-6-7-17-8-10-18(11-9-17)21(22,23)24/h8-11,14H,12-13H2,1-5H3,(H2,25,26,27). The third-order valence-corrected chi connectivity index (χ3v) is 4.57. The average molecular weight is 405 g/mol. The summed E-state index contributed by atoms with van der Waals surface area (Å²) in [7, 11) is 3.60. The molecule has 0 aliphatic rings. The van der Waals surface area contributed by atoms with Gasteiger partial charge in [-0.2, -0.15) is 18.3 Å². The van der Waals surface area contributed by atoms with Crippen LogP contribution in [0.15, 0.2) is 29.3 Å². The normalized spacial score (nSPS) is 12.9. The Labute approximate surface area is 169 Å². The molecule has 5 nitrogen and oxygen atoms in total. The molecule has 0 bridgehead atoms. The van der Waals surface area contributed by atoms with Crippen LogP contribution in [-0.4, -0.2) is 35.4 Å². The third kappa shape index (κ3) is 6.28. The monoisotopic (exact) mass is 405 g/mol. The van der Waals surface area contributed by atoms with E-state index in [4.69, 9.17) is 0 Å². The lowest BCUT2D eigenvalue weighted by atomic mass is 10.1. The van der Waals surface area contributed by atoms with Crippen LogP contribution in [0.3, 0.4) is 0 Å². The number of halogens is 3. The Morgan fingerprint density at radius 2 is 1.90 bits per heavy atom. The first-order chi connectivity index (χ1) is 13.6. The Hall–Kier alpha value is -2.95. The fraction of sp³-hybridized carbons (Fsp3) is 0.429.